The summed E-state index contributed by atoms with van der Waals surface area (Å²) in [6.07, 6.45) is 0.987. The van der Waals surface area contributed by atoms with Crippen LogP contribution < -0.4 is 0 Å². The number of carboxylic acid groups (broad SMARTS) is 1. The van der Waals surface area contributed by atoms with Crippen LogP contribution in [-0.2, 0) is 29.9 Å². The monoisotopic (exact) mass is 325 g/mol. The van der Waals surface area contributed by atoms with Gasteiger partial charge in [-0.15, -0.1) is 11.3 Å². The predicted molar refractivity (Wildman–Crippen MR) is 85.0 cm³/mol. The fraction of sp³-hybridized carbons (Fsp3) is 0.500. The number of hydrogen-bond acceptors (Lipinski definition) is 5. The number of rotatable bonds is 7. The zero-order valence-electron chi connectivity index (χ0n) is 12.4. The van der Waals surface area contributed by atoms with E-state index in [9.17, 15) is 4.79 Å². The van der Waals surface area contributed by atoms with Gasteiger partial charge in [0, 0.05) is 22.9 Å². The number of aliphatic carboxylic acids is 1. The van der Waals surface area contributed by atoms with E-state index in [0.717, 1.165) is 39.3 Å². The van der Waals surface area contributed by atoms with E-state index in [1.54, 1.807) is 11.8 Å². The first-order valence-electron chi connectivity index (χ1n) is 6.90. The van der Waals surface area contributed by atoms with Crippen LogP contribution in [0.2, 0.25) is 0 Å². The Morgan fingerprint density at radius 2 is 2.24 bits per heavy atom. The predicted octanol–water partition coefficient (Wildman–Crippen LogP) is 3.15. The number of aromatic nitrogens is 3. The molecule has 114 valence electrons. The van der Waals surface area contributed by atoms with Gasteiger partial charge in [0.25, 0.3) is 0 Å². The Balaban J connectivity index is 2.06. The van der Waals surface area contributed by atoms with E-state index in [1.807, 2.05) is 11.6 Å². The Morgan fingerprint density at radius 1 is 1.48 bits per heavy atom. The SMILES string of the molecule is CCc1cc(CSc2nc(C)c(CC(=O)O)s2)n(CC)n1. The van der Waals surface area contributed by atoms with E-state index in [0.29, 0.717) is 0 Å². The van der Waals surface area contributed by atoms with Crippen molar-refractivity contribution in [3.8, 4) is 0 Å². The van der Waals surface area contributed by atoms with Crippen molar-refractivity contribution in [1.29, 1.82) is 0 Å². The van der Waals surface area contributed by atoms with Crippen molar-refractivity contribution in [2.75, 3.05) is 0 Å². The topological polar surface area (TPSA) is 68.0 Å². The molecule has 2 aromatic rings. The van der Waals surface area contributed by atoms with Crippen LogP contribution in [0.5, 0.6) is 0 Å². The van der Waals surface area contributed by atoms with Crippen LogP contribution in [0.4, 0.5) is 0 Å². The van der Waals surface area contributed by atoms with Gasteiger partial charge in [0.1, 0.15) is 0 Å². The van der Waals surface area contributed by atoms with Gasteiger partial charge in [0.05, 0.1) is 17.8 Å². The van der Waals surface area contributed by atoms with Crippen molar-refractivity contribution in [3.63, 3.8) is 0 Å². The molecule has 2 rings (SSSR count). The second-order valence-corrected chi connectivity index (χ2v) is 6.95. The van der Waals surface area contributed by atoms with Crippen molar-refractivity contribution >= 4 is 29.1 Å². The van der Waals surface area contributed by atoms with Gasteiger partial charge in [-0.05, 0) is 26.3 Å². The van der Waals surface area contributed by atoms with E-state index in [-0.39, 0.29) is 6.42 Å². The van der Waals surface area contributed by atoms with Crippen LogP contribution in [0.15, 0.2) is 10.4 Å². The molecular formula is C14H19N3O2S2. The summed E-state index contributed by atoms with van der Waals surface area (Å²) in [5.74, 6) is -0.00438. The molecule has 0 saturated carbocycles. The van der Waals surface area contributed by atoms with Gasteiger partial charge in [-0.3, -0.25) is 9.48 Å². The summed E-state index contributed by atoms with van der Waals surface area (Å²) >= 11 is 3.12. The highest BCUT2D eigenvalue weighted by atomic mass is 32.2. The quantitative estimate of drug-likeness (QED) is 0.792. The number of thioether (sulfide) groups is 1. The lowest BCUT2D eigenvalue weighted by Gasteiger charge is -2.02. The van der Waals surface area contributed by atoms with Crippen molar-refractivity contribution in [1.82, 2.24) is 14.8 Å². The van der Waals surface area contributed by atoms with Gasteiger partial charge in [0.2, 0.25) is 0 Å². The van der Waals surface area contributed by atoms with E-state index in [4.69, 9.17) is 5.11 Å². The number of carboxylic acids is 1. The molecule has 1 N–H and O–H groups in total. The van der Waals surface area contributed by atoms with Crippen LogP contribution >= 0.6 is 23.1 Å². The summed E-state index contributed by atoms with van der Waals surface area (Å²) in [6, 6.07) is 2.13. The first-order valence-corrected chi connectivity index (χ1v) is 8.70. The average molecular weight is 325 g/mol. The maximum Gasteiger partial charge on any atom is 0.308 e. The zero-order chi connectivity index (χ0) is 15.4. The highest BCUT2D eigenvalue weighted by Gasteiger charge is 2.13. The van der Waals surface area contributed by atoms with Gasteiger partial charge in [-0.2, -0.15) is 5.10 Å². The van der Waals surface area contributed by atoms with Crippen molar-refractivity contribution in [2.24, 2.45) is 0 Å². The largest absolute Gasteiger partial charge is 0.481 e. The molecule has 0 saturated heterocycles. The molecule has 2 heterocycles. The highest BCUT2D eigenvalue weighted by molar-refractivity contribution is 8.00. The lowest BCUT2D eigenvalue weighted by atomic mass is 10.3. The third-order valence-corrected chi connectivity index (χ3v) is 5.44. The van der Waals surface area contributed by atoms with Crippen LogP contribution in [-0.4, -0.2) is 25.8 Å². The summed E-state index contributed by atoms with van der Waals surface area (Å²) in [5, 5.41) is 13.4. The summed E-state index contributed by atoms with van der Waals surface area (Å²) in [5.41, 5.74) is 3.12. The molecular weight excluding hydrogens is 306 g/mol. The van der Waals surface area contributed by atoms with E-state index in [1.165, 1.54) is 17.0 Å². The molecule has 0 atom stereocenters. The molecule has 0 fully saturated rings. The summed E-state index contributed by atoms with van der Waals surface area (Å²) in [6.45, 7) is 6.90. The van der Waals surface area contributed by atoms with Crippen LogP contribution in [0, 0.1) is 6.92 Å². The molecule has 0 radical (unpaired) electrons. The Kier molecular flexibility index (Phi) is 5.41. The zero-order valence-corrected chi connectivity index (χ0v) is 14.1. The van der Waals surface area contributed by atoms with Crippen molar-refractivity contribution in [2.45, 2.75) is 50.3 Å². The standard InChI is InChI=1S/C14H19N3O2S2/c1-4-10-6-11(17(5-2)16-10)8-20-14-15-9(3)12(21-14)7-13(18)19/h6H,4-5,7-8H2,1-3H3,(H,18,19). The highest BCUT2D eigenvalue weighted by Crippen LogP contribution is 2.30. The number of hydrogen-bond donors (Lipinski definition) is 1. The van der Waals surface area contributed by atoms with Crippen LogP contribution in [0.25, 0.3) is 0 Å². The minimum absolute atomic E-state index is 0.0525. The molecule has 0 aliphatic heterocycles. The van der Waals surface area contributed by atoms with Crippen molar-refractivity contribution in [3.05, 3.63) is 28.0 Å². The lowest BCUT2D eigenvalue weighted by molar-refractivity contribution is -0.136. The third-order valence-electron chi connectivity index (χ3n) is 3.10. The minimum Gasteiger partial charge on any atom is -0.481 e. The molecule has 0 spiro atoms. The Labute approximate surface area is 132 Å². The van der Waals surface area contributed by atoms with Crippen LogP contribution in [0.1, 0.15) is 35.8 Å². The number of carbonyl (C=O) groups is 1. The lowest BCUT2D eigenvalue weighted by Crippen LogP contribution is -2.01. The first kappa shape index (κ1) is 16.0. The maximum atomic E-state index is 10.8. The van der Waals surface area contributed by atoms with E-state index >= 15 is 0 Å². The molecule has 2 aromatic heterocycles. The molecule has 0 aliphatic rings. The molecule has 0 unspecified atom stereocenters. The molecule has 0 aliphatic carbocycles. The van der Waals surface area contributed by atoms with E-state index < -0.39 is 5.97 Å². The van der Waals surface area contributed by atoms with Gasteiger partial charge in [-0.1, -0.05) is 18.7 Å². The number of nitrogens with zero attached hydrogens (tertiary/aromatic N) is 3. The van der Waals surface area contributed by atoms with Gasteiger partial charge >= 0.3 is 5.97 Å². The average Bonchev–Trinajstić information content (AvgIpc) is 2.99. The van der Waals surface area contributed by atoms with E-state index in [2.05, 4.69) is 30.0 Å². The molecule has 0 amide bonds. The second-order valence-electron chi connectivity index (χ2n) is 4.64. The smallest absolute Gasteiger partial charge is 0.308 e. The summed E-state index contributed by atoms with van der Waals surface area (Å²) in [4.78, 5) is 16.1. The molecule has 5 nitrogen and oxygen atoms in total. The fourth-order valence-corrected chi connectivity index (χ4v) is 4.18. The Morgan fingerprint density at radius 3 is 2.86 bits per heavy atom. The summed E-state index contributed by atoms with van der Waals surface area (Å²) < 4.78 is 2.94. The third kappa shape index (κ3) is 4.07. The number of aryl methyl sites for hydroxylation is 3. The van der Waals surface area contributed by atoms with Gasteiger partial charge in [0.15, 0.2) is 4.34 Å². The van der Waals surface area contributed by atoms with Gasteiger partial charge < -0.3 is 5.11 Å². The Hall–Kier alpha value is -1.34. The fourth-order valence-electron chi connectivity index (χ4n) is 1.98. The van der Waals surface area contributed by atoms with Gasteiger partial charge in [-0.25, -0.2) is 4.98 Å². The molecule has 7 heteroatoms. The van der Waals surface area contributed by atoms with Crippen molar-refractivity contribution < 1.29 is 9.90 Å². The normalized spacial score (nSPS) is 11.0. The molecule has 0 bridgehead atoms. The minimum atomic E-state index is -0.810. The number of thiazole rings is 1. The molecule has 0 aromatic carbocycles. The second kappa shape index (κ2) is 7.09. The molecule has 21 heavy (non-hydrogen) atoms. The maximum absolute atomic E-state index is 10.8. The first-order chi connectivity index (χ1) is 10.0. The summed E-state index contributed by atoms with van der Waals surface area (Å²) in [7, 11) is 0. The Bertz CT molecular complexity index is 634. The van der Waals surface area contributed by atoms with Crippen LogP contribution in [0.3, 0.4) is 0 Å².